The van der Waals surface area contributed by atoms with E-state index >= 15 is 0 Å². The van der Waals surface area contributed by atoms with Crippen LogP contribution in [0.25, 0.3) is 11.1 Å². The van der Waals surface area contributed by atoms with Gasteiger partial charge in [0.05, 0.1) is 18.2 Å². The molecule has 3 N–H and O–H groups in total. The van der Waals surface area contributed by atoms with Crippen molar-refractivity contribution in [3.8, 4) is 16.9 Å². The number of nitrogens with zero attached hydrogens (tertiary/aromatic N) is 1. The molecule has 300 valence electrons. The molecule has 20 heteroatoms. The second-order valence-electron chi connectivity index (χ2n) is 12.7. The van der Waals surface area contributed by atoms with Crippen LogP contribution in [0.2, 0.25) is 5.02 Å². The molecule has 3 aromatic carbocycles. The average molecular weight is 828 g/mol. The van der Waals surface area contributed by atoms with Gasteiger partial charge in [0.1, 0.15) is 18.5 Å². The van der Waals surface area contributed by atoms with Gasteiger partial charge in [0, 0.05) is 32.0 Å². The maximum Gasteiger partial charge on any atom is 0.530 e. The predicted octanol–water partition coefficient (Wildman–Crippen LogP) is 4.16. The van der Waals surface area contributed by atoms with Gasteiger partial charge in [0.25, 0.3) is 5.56 Å². The number of aromatic nitrogens is 2. The number of rotatable bonds is 15. The Bertz CT molecular complexity index is 2290. The Labute approximate surface area is 328 Å². The number of aliphatic carboxylic acids is 1. The van der Waals surface area contributed by atoms with Crippen molar-refractivity contribution < 1.29 is 61.4 Å². The molecule has 2 aliphatic rings. The van der Waals surface area contributed by atoms with Gasteiger partial charge in [-0.1, -0.05) is 72.3 Å². The van der Waals surface area contributed by atoms with E-state index in [1.807, 2.05) is 53.5 Å². The Balaban J connectivity index is 1.19. The van der Waals surface area contributed by atoms with E-state index in [0.29, 0.717) is 0 Å². The van der Waals surface area contributed by atoms with Crippen molar-refractivity contribution >= 4 is 43.4 Å². The van der Waals surface area contributed by atoms with Crippen LogP contribution < -0.4 is 21.1 Å². The average Bonchev–Trinajstić information content (AvgIpc) is 3.66. The van der Waals surface area contributed by atoms with E-state index in [1.54, 1.807) is 6.07 Å². The van der Waals surface area contributed by atoms with Crippen LogP contribution in [0.5, 0.6) is 5.75 Å². The maximum atomic E-state index is 14.3. The highest BCUT2D eigenvalue weighted by atomic mass is 35.5. The molecule has 1 aromatic heterocycles. The minimum atomic E-state index is -4.96. The molecular weight excluding hydrogens is 793 g/mol. The molecule has 1 amide bonds. The molecule has 2 heterocycles. The number of carboxylic acids is 1. The highest BCUT2D eigenvalue weighted by Gasteiger charge is 2.51. The van der Waals surface area contributed by atoms with Crippen molar-refractivity contribution in [1.82, 2.24) is 14.9 Å². The molecule has 57 heavy (non-hydrogen) atoms. The standard InChI is InChI=1S/C37H35ClN3O15P/c1-20(42)53-32-30(55-34(33(32)54-21(2)43)41-16-15-31(44)40-36(41)47)19-52-57(49,56-29-14-8-7-13-27(29)38)51-18-28(35(45)46)39-37(48)50-17-26-24-11-5-3-9-22(24)23-10-4-6-12-25(23)26/h3-16,26,28,30,32-34H,17-19H2,1-2H3,(H,39,48)(H,45,46)(H,40,44,47)/t28-,30+,32+,33+,34+,57?/m0/s1. The van der Waals surface area contributed by atoms with Crippen molar-refractivity contribution in [1.29, 1.82) is 0 Å². The van der Waals surface area contributed by atoms with Crippen molar-refractivity contribution in [2.24, 2.45) is 0 Å². The monoisotopic (exact) mass is 827 g/mol. The lowest BCUT2D eigenvalue weighted by molar-refractivity contribution is -0.165. The summed E-state index contributed by atoms with van der Waals surface area (Å²) in [6.07, 6.45) is -6.00. The second kappa shape index (κ2) is 17.6. The summed E-state index contributed by atoms with van der Waals surface area (Å²) in [6, 6.07) is 20.1. The van der Waals surface area contributed by atoms with Gasteiger partial charge in [-0.05, 0) is 34.4 Å². The number of phosphoric acid groups is 1. The van der Waals surface area contributed by atoms with E-state index in [9.17, 15) is 38.4 Å². The summed E-state index contributed by atoms with van der Waals surface area (Å²) in [5.74, 6) is -3.85. The number of fused-ring (bicyclic) bond motifs is 3. The first kappa shape index (κ1) is 40.9. The predicted molar refractivity (Wildman–Crippen MR) is 198 cm³/mol. The first-order valence-corrected chi connectivity index (χ1v) is 19.1. The SMILES string of the molecule is CC(=O)O[C@@H]1[C@H](OC(C)=O)[C@@H](COP(=O)(OC[C@H](NC(=O)OCC2c3ccccc3-c3ccccc32)C(=O)O)Oc2ccccc2Cl)O[C@H]1n1ccc(=O)[nH]c1=O. The summed E-state index contributed by atoms with van der Waals surface area (Å²) >= 11 is 6.24. The zero-order valence-corrected chi connectivity index (χ0v) is 31.8. The highest BCUT2D eigenvalue weighted by molar-refractivity contribution is 7.49. The maximum absolute atomic E-state index is 14.3. The number of H-pyrrole nitrogens is 1. The molecular formula is C37H35ClN3O15P. The number of halogens is 1. The third-order valence-electron chi connectivity index (χ3n) is 8.79. The van der Waals surface area contributed by atoms with Gasteiger partial charge in [-0.25, -0.2) is 18.9 Å². The van der Waals surface area contributed by atoms with Gasteiger partial charge < -0.3 is 33.9 Å². The number of carboxylic acid groups (broad SMARTS) is 1. The third kappa shape index (κ3) is 9.61. The summed E-state index contributed by atoms with van der Waals surface area (Å²) in [6.45, 7) is 0.160. The molecule has 1 unspecified atom stereocenters. The summed E-state index contributed by atoms with van der Waals surface area (Å²) in [5, 5.41) is 12.1. The van der Waals surface area contributed by atoms with E-state index in [1.165, 1.54) is 18.2 Å². The fourth-order valence-corrected chi connectivity index (χ4v) is 7.83. The number of ether oxygens (including phenoxy) is 4. The molecule has 1 saturated heterocycles. The first-order valence-electron chi connectivity index (χ1n) is 17.2. The van der Waals surface area contributed by atoms with E-state index in [0.717, 1.165) is 52.9 Å². The zero-order valence-electron chi connectivity index (χ0n) is 30.1. The smallest absolute Gasteiger partial charge is 0.480 e. The number of esters is 2. The Morgan fingerprint density at radius 2 is 1.49 bits per heavy atom. The number of para-hydroxylation sites is 1. The number of aromatic amines is 1. The molecule has 0 spiro atoms. The van der Waals surface area contributed by atoms with Crippen LogP contribution in [0.4, 0.5) is 4.79 Å². The molecule has 4 aromatic rings. The Kier molecular flexibility index (Phi) is 12.6. The minimum Gasteiger partial charge on any atom is -0.480 e. The zero-order chi connectivity index (χ0) is 40.9. The van der Waals surface area contributed by atoms with Crippen molar-refractivity contribution in [2.45, 2.75) is 50.3 Å². The van der Waals surface area contributed by atoms with Gasteiger partial charge in [0.15, 0.2) is 24.5 Å². The lowest BCUT2D eigenvalue weighted by Crippen LogP contribution is -2.44. The number of hydrogen-bond acceptors (Lipinski definition) is 14. The number of phosphoric ester groups is 1. The number of benzene rings is 3. The Morgan fingerprint density at radius 1 is 0.877 bits per heavy atom. The Morgan fingerprint density at radius 3 is 2.11 bits per heavy atom. The van der Waals surface area contributed by atoms with Crippen LogP contribution in [0, 0.1) is 0 Å². The summed E-state index contributed by atoms with van der Waals surface area (Å²) < 4.78 is 53.9. The summed E-state index contributed by atoms with van der Waals surface area (Å²) in [4.78, 5) is 76.0. The highest BCUT2D eigenvalue weighted by Crippen LogP contribution is 2.52. The van der Waals surface area contributed by atoms with Crippen LogP contribution in [0.15, 0.2) is 94.6 Å². The number of nitrogens with one attached hydrogen (secondary N) is 2. The second-order valence-corrected chi connectivity index (χ2v) is 14.7. The van der Waals surface area contributed by atoms with Gasteiger partial charge in [-0.3, -0.25) is 33.0 Å². The fourth-order valence-electron chi connectivity index (χ4n) is 6.36. The van der Waals surface area contributed by atoms with E-state index in [4.69, 9.17) is 44.1 Å². The van der Waals surface area contributed by atoms with Crippen LogP contribution in [0.1, 0.15) is 37.1 Å². The molecule has 0 bridgehead atoms. The molecule has 6 atom stereocenters. The van der Waals surface area contributed by atoms with Gasteiger partial charge >= 0.3 is 37.5 Å². The van der Waals surface area contributed by atoms with E-state index in [-0.39, 0.29) is 23.3 Å². The Hall–Kier alpha value is -5.78. The topological polar surface area (TPSA) is 237 Å². The molecule has 1 fully saturated rings. The van der Waals surface area contributed by atoms with Crippen LogP contribution >= 0.6 is 19.4 Å². The molecule has 1 aliphatic carbocycles. The summed E-state index contributed by atoms with van der Waals surface area (Å²) in [7, 11) is -4.96. The van der Waals surface area contributed by atoms with Crippen molar-refractivity contribution in [3.05, 3.63) is 122 Å². The third-order valence-corrected chi connectivity index (χ3v) is 10.5. The number of amides is 1. The quantitative estimate of drug-likeness (QED) is 0.0867. The van der Waals surface area contributed by atoms with E-state index < -0.39 is 86.9 Å². The fraction of sp³-hybridized carbons (Fsp3) is 0.297. The van der Waals surface area contributed by atoms with Crippen LogP contribution in [-0.4, -0.2) is 82.8 Å². The minimum absolute atomic E-state index is 0.0428. The normalized spacial score (nSPS) is 20.0. The molecule has 0 saturated carbocycles. The number of hydrogen-bond donors (Lipinski definition) is 3. The number of alkyl carbamates (subject to hydrolysis) is 1. The molecule has 6 rings (SSSR count). The van der Waals surface area contributed by atoms with Crippen molar-refractivity contribution in [2.75, 3.05) is 19.8 Å². The number of carbonyl (C=O) groups is 4. The largest absolute Gasteiger partial charge is 0.530 e. The molecule has 0 radical (unpaired) electrons. The first-order chi connectivity index (χ1) is 27.2. The van der Waals surface area contributed by atoms with Crippen LogP contribution in [-0.2, 0) is 46.9 Å². The van der Waals surface area contributed by atoms with Gasteiger partial charge in [0.2, 0.25) is 0 Å². The van der Waals surface area contributed by atoms with Gasteiger partial charge in [-0.2, -0.15) is 0 Å². The lowest BCUT2D eigenvalue weighted by atomic mass is 9.98. The van der Waals surface area contributed by atoms with Gasteiger partial charge in [-0.15, -0.1) is 0 Å². The molecule has 18 nitrogen and oxygen atoms in total. The van der Waals surface area contributed by atoms with E-state index in [2.05, 4.69) is 5.32 Å². The molecule has 1 aliphatic heterocycles. The van der Waals surface area contributed by atoms with Crippen LogP contribution in [0.3, 0.4) is 0 Å². The summed E-state index contributed by atoms with van der Waals surface area (Å²) in [5.41, 5.74) is 2.12. The lowest BCUT2D eigenvalue weighted by Gasteiger charge is -2.25. The number of carbonyl (C=O) groups excluding carboxylic acids is 3. The van der Waals surface area contributed by atoms with Crippen molar-refractivity contribution in [3.63, 3.8) is 0 Å².